The second-order valence-corrected chi connectivity index (χ2v) is 3.85. The van der Waals surface area contributed by atoms with Crippen molar-refractivity contribution >= 4 is 5.69 Å². The fourth-order valence-corrected chi connectivity index (χ4v) is 1.56. The standard InChI is InChI=1S/C13H11F2N3O/c1-2-9-6-17-12(19-9)7-18-13-10(14)3-8(5-16)4-11(13)15/h3-4,6,18H,2,7H2,1H3. The fraction of sp³-hybridized carbons (Fsp3) is 0.231. The molecule has 0 atom stereocenters. The number of anilines is 1. The van der Waals surface area contributed by atoms with Crippen molar-refractivity contribution in [2.75, 3.05) is 5.32 Å². The summed E-state index contributed by atoms with van der Waals surface area (Å²) in [5, 5.41) is 11.2. The van der Waals surface area contributed by atoms with Crippen molar-refractivity contribution in [1.82, 2.24) is 4.98 Å². The van der Waals surface area contributed by atoms with E-state index in [1.54, 1.807) is 12.3 Å². The largest absolute Gasteiger partial charge is 0.444 e. The minimum absolute atomic E-state index is 0.0649. The zero-order valence-electron chi connectivity index (χ0n) is 10.2. The number of nitrogens with zero attached hydrogens (tertiary/aromatic N) is 2. The second-order valence-electron chi connectivity index (χ2n) is 3.85. The molecule has 0 spiro atoms. The number of nitrogens with one attached hydrogen (secondary N) is 1. The van der Waals surface area contributed by atoms with E-state index in [1.165, 1.54) is 0 Å². The molecule has 19 heavy (non-hydrogen) atoms. The number of aromatic nitrogens is 1. The van der Waals surface area contributed by atoms with Crippen molar-refractivity contribution < 1.29 is 13.2 Å². The summed E-state index contributed by atoms with van der Waals surface area (Å²) in [6, 6.07) is 3.62. The molecule has 98 valence electrons. The highest BCUT2D eigenvalue weighted by Crippen LogP contribution is 2.21. The minimum atomic E-state index is -0.821. The van der Waals surface area contributed by atoms with Crippen LogP contribution < -0.4 is 5.32 Å². The monoisotopic (exact) mass is 263 g/mol. The average molecular weight is 263 g/mol. The van der Waals surface area contributed by atoms with E-state index in [0.29, 0.717) is 18.1 Å². The first-order chi connectivity index (χ1) is 9.13. The molecule has 1 aromatic carbocycles. The van der Waals surface area contributed by atoms with Gasteiger partial charge in [0.05, 0.1) is 24.4 Å². The maximum Gasteiger partial charge on any atom is 0.213 e. The zero-order valence-corrected chi connectivity index (χ0v) is 10.2. The van der Waals surface area contributed by atoms with Gasteiger partial charge in [0.2, 0.25) is 5.89 Å². The predicted molar refractivity (Wildman–Crippen MR) is 64.3 cm³/mol. The molecule has 4 nitrogen and oxygen atoms in total. The first-order valence-electron chi connectivity index (χ1n) is 5.70. The van der Waals surface area contributed by atoms with Gasteiger partial charge in [-0.15, -0.1) is 0 Å². The Morgan fingerprint density at radius 2 is 2.05 bits per heavy atom. The van der Waals surface area contributed by atoms with Crippen molar-refractivity contribution in [2.24, 2.45) is 0 Å². The van der Waals surface area contributed by atoms with Crippen LogP contribution in [0.2, 0.25) is 0 Å². The lowest BCUT2D eigenvalue weighted by atomic mass is 10.2. The van der Waals surface area contributed by atoms with Gasteiger partial charge in [-0.3, -0.25) is 0 Å². The van der Waals surface area contributed by atoms with Crippen LogP contribution in [-0.2, 0) is 13.0 Å². The van der Waals surface area contributed by atoms with Crippen LogP contribution in [0.15, 0.2) is 22.7 Å². The Morgan fingerprint density at radius 3 is 2.58 bits per heavy atom. The maximum absolute atomic E-state index is 13.6. The smallest absolute Gasteiger partial charge is 0.213 e. The molecule has 6 heteroatoms. The zero-order chi connectivity index (χ0) is 13.8. The molecule has 0 amide bonds. The molecule has 0 radical (unpaired) electrons. The van der Waals surface area contributed by atoms with Gasteiger partial charge in [-0.25, -0.2) is 13.8 Å². The van der Waals surface area contributed by atoms with Gasteiger partial charge in [-0.05, 0) is 12.1 Å². The summed E-state index contributed by atoms with van der Waals surface area (Å²) in [5.41, 5.74) is -0.361. The van der Waals surface area contributed by atoms with Crippen molar-refractivity contribution in [3.63, 3.8) is 0 Å². The van der Waals surface area contributed by atoms with Crippen LogP contribution in [-0.4, -0.2) is 4.98 Å². The molecular weight excluding hydrogens is 252 g/mol. The summed E-state index contributed by atoms with van der Waals surface area (Å²) in [5.74, 6) is -0.588. The first-order valence-corrected chi connectivity index (χ1v) is 5.70. The van der Waals surface area contributed by atoms with Crippen LogP contribution in [0.1, 0.15) is 24.1 Å². The molecule has 0 aliphatic carbocycles. The third-order valence-electron chi connectivity index (χ3n) is 2.54. The molecule has 2 rings (SSSR count). The van der Waals surface area contributed by atoms with E-state index in [1.807, 2.05) is 6.92 Å². The van der Waals surface area contributed by atoms with Crippen molar-refractivity contribution in [3.8, 4) is 6.07 Å². The third-order valence-corrected chi connectivity index (χ3v) is 2.54. The highest BCUT2D eigenvalue weighted by atomic mass is 19.1. The quantitative estimate of drug-likeness (QED) is 0.921. The van der Waals surface area contributed by atoms with Crippen molar-refractivity contribution in [2.45, 2.75) is 19.9 Å². The van der Waals surface area contributed by atoms with Crippen LogP contribution in [0.5, 0.6) is 0 Å². The number of hydrogen-bond acceptors (Lipinski definition) is 4. The second kappa shape index (κ2) is 5.48. The van der Waals surface area contributed by atoms with Gasteiger partial charge in [0.15, 0.2) is 11.6 Å². The van der Waals surface area contributed by atoms with Gasteiger partial charge >= 0.3 is 0 Å². The van der Waals surface area contributed by atoms with E-state index >= 15 is 0 Å². The Balaban J connectivity index is 2.13. The number of halogens is 2. The van der Waals surface area contributed by atoms with E-state index in [9.17, 15) is 8.78 Å². The summed E-state index contributed by atoms with van der Waals surface area (Å²) in [6.07, 6.45) is 2.27. The molecule has 0 saturated heterocycles. The number of hydrogen-bond donors (Lipinski definition) is 1. The van der Waals surface area contributed by atoms with Crippen LogP contribution in [0, 0.1) is 23.0 Å². The highest BCUT2D eigenvalue weighted by Gasteiger charge is 2.12. The SMILES string of the molecule is CCc1cnc(CNc2c(F)cc(C#N)cc2F)o1. The molecule has 1 aromatic heterocycles. The Labute approximate surface area is 108 Å². The molecular formula is C13H11F2N3O. The fourth-order valence-electron chi connectivity index (χ4n) is 1.56. The number of rotatable bonds is 4. The molecule has 1 heterocycles. The minimum Gasteiger partial charge on any atom is -0.444 e. The Bertz CT molecular complexity index is 608. The van der Waals surface area contributed by atoms with Gasteiger partial charge in [-0.1, -0.05) is 6.92 Å². The normalized spacial score (nSPS) is 10.2. The van der Waals surface area contributed by atoms with Gasteiger partial charge in [0.1, 0.15) is 11.4 Å². The Kier molecular flexibility index (Phi) is 3.76. The molecule has 0 bridgehead atoms. The summed E-state index contributed by atoms with van der Waals surface area (Å²) in [6.45, 7) is 1.98. The predicted octanol–water partition coefficient (Wildman–Crippen LogP) is 3.00. The van der Waals surface area contributed by atoms with Gasteiger partial charge in [-0.2, -0.15) is 5.26 Å². The maximum atomic E-state index is 13.6. The molecule has 2 aromatic rings. The molecule has 0 aliphatic rings. The summed E-state index contributed by atoms with van der Waals surface area (Å²) in [4.78, 5) is 3.97. The lowest BCUT2D eigenvalue weighted by molar-refractivity contribution is 0.464. The third kappa shape index (κ3) is 2.88. The summed E-state index contributed by atoms with van der Waals surface area (Å²) in [7, 11) is 0. The number of benzene rings is 1. The van der Waals surface area contributed by atoms with Crippen LogP contribution in [0.25, 0.3) is 0 Å². The van der Waals surface area contributed by atoms with Gasteiger partial charge in [0.25, 0.3) is 0 Å². The van der Waals surface area contributed by atoms with E-state index in [0.717, 1.165) is 12.1 Å². The highest BCUT2D eigenvalue weighted by molar-refractivity contribution is 5.50. The van der Waals surface area contributed by atoms with E-state index in [4.69, 9.17) is 9.68 Å². The van der Waals surface area contributed by atoms with E-state index in [-0.39, 0.29) is 17.8 Å². The number of aryl methyl sites for hydroxylation is 1. The molecule has 1 N–H and O–H groups in total. The summed E-state index contributed by atoms with van der Waals surface area (Å²) >= 11 is 0. The molecule has 0 unspecified atom stereocenters. The van der Waals surface area contributed by atoms with E-state index in [2.05, 4.69) is 10.3 Å². The summed E-state index contributed by atoms with van der Waals surface area (Å²) < 4.78 is 32.4. The Morgan fingerprint density at radius 1 is 1.37 bits per heavy atom. The first kappa shape index (κ1) is 13.0. The van der Waals surface area contributed by atoms with Crippen LogP contribution >= 0.6 is 0 Å². The average Bonchev–Trinajstić information content (AvgIpc) is 2.85. The van der Waals surface area contributed by atoms with Crippen LogP contribution in [0.4, 0.5) is 14.5 Å². The molecule has 0 saturated carbocycles. The molecule has 0 fully saturated rings. The lowest BCUT2D eigenvalue weighted by Crippen LogP contribution is -2.04. The van der Waals surface area contributed by atoms with Crippen LogP contribution in [0.3, 0.4) is 0 Å². The van der Waals surface area contributed by atoms with Gasteiger partial charge < -0.3 is 9.73 Å². The van der Waals surface area contributed by atoms with Crippen molar-refractivity contribution in [1.29, 1.82) is 5.26 Å². The molecule has 0 aliphatic heterocycles. The Hall–Kier alpha value is -2.42. The van der Waals surface area contributed by atoms with Crippen molar-refractivity contribution in [3.05, 3.63) is 47.2 Å². The van der Waals surface area contributed by atoms with E-state index < -0.39 is 11.6 Å². The topological polar surface area (TPSA) is 61.9 Å². The number of nitriles is 1. The lowest BCUT2D eigenvalue weighted by Gasteiger charge is -2.07. The van der Waals surface area contributed by atoms with Gasteiger partial charge in [0, 0.05) is 6.42 Å². The number of oxazole rings is 1.